The van der Waals surface area contributed by atoms with E-state index in [2.05, 4.69) is 30.4 Å². The summed E-state index contributed by atoms with van der Waals surface area (Å²) in [6.45, 7) is 3.88. The van der Waals surface area contributed by atoms with E-state index in [4.69, 9.17) is 4.74 Å². The monoisotopic (exact) mass is 233 g/mol. The number of hydrogen-bond donors (Lipinski definition) is 1. The normalized spacial score (nSPS) is 16.3. The second kappa shape index (κ2) is 6.65. The predicted octanol–water partition coefficient (Wildman–Crippen LogP) is 3.51. The topological polar surface area (TPSA) is 21.3 Å². The Morgan fingerprint density at radius 1 is 1.24 bits per heavy atom. The van der Waals surface area contributed by atoms with Gasteiger partial charge in [-0.3, -0.25) is 0 Å². The highest BCUT2D eigenvalue weighted by Crippen LogP contribution is 2.21. The molecule has 2 heteroatoms. The Labute approximate surface area is 104 Å². The molecule has 0 amide bonds. The van der Waals surface area contributed by atoms with Crippen LogP contribution in [0.3, 0.4) is 0 Å². The Bertz CT molecular complexity index is 331. The van der Waals surface area contributed by atoms with Crippen molar-refractivity contribution in [3.05, 3.63) is 29.8 Å². The number of nitrogens with one attached hydrogen (secondary N) is 1. The van der Waals surface area contributed by atoms with Crippen molar-refractivity contribution in [1.82, 2.24) is 5.32 Å². The Morgan fingerprint density at radius 2 is 2.00 bits per heavy atom. The lowest BCUT2D eigenvalue weighted by molar-refractivity contribution is 0.312. The fourth-order valence-electron chi connectivity index (χ4n) is 2.39. The van der Waals surface area contributed by atoms with Crippen molar-refractivity contribution in [2.45, 2.75) is 51.6 Å². The molecule has 1 aliphatic rings. The van der Waals surface area contributed by atoms with Crippen LogP contribution < -0.4 is 10.1 Å². The molecule has 0 bridgehead atoms. The van der Waals surface area contributed by atoms with Gasteiger partial charge < -0.3 is 10.1 Å². The molecule has 2 nitrogen and oxygen atoms in total. The van der Waals surface area contributed by atoms with E-state index < -0.39 is 0 Å². The van der Waals surface area contributed by atoms with Crippen LogP contribution in [0.25, 0.3) is 0 Å². The van der Waals surface area contributed by atoms with Gasteiger partial charge in [-0.25, -0.2) is 0 Å². The zero-order chi connectivity index (χ0) is 11.9. The minimum Gasteiger partial charge on any atom is -0.493 e. The first kappa shape index (κ1) is 12.4. The minimum absolute atomic E-state index is 0.717. The SMILES string of the molecule is CCCOc1ccccc1CNC1CCCC1. The summed E-state index contributed by atoms with van der Waals surface area (Å²) in [7, 11) is 0. The van der Waals surface area contributed by atoms with Crippen molar-refractivity contribution in [3.8, 4) is 5.75 Å². The number of ether oxygens (including phenoxy) is 1. The molecule has 0 saturated heterocycles. The molecule has 17 heavy (non-hydrogen) atoms. The van der Waals surface area contributed by atoms with Gasteiger partial charge in [-0.05, 0) is 25.3 Å². The van der Waals surface area contributed by atoms with Gasteiger partial charge in [0.25, 0.3) is 0 Å². The highest BCUT2D eigenvalue weighted by Gasteiger charge is 2.14. The highest BCUT2D eigenvalue weighted by molar-refractivity contribution is 5.33. The van der Waals surface area contributed by atoms with Crippen molar-refractivity contribution in [2.75, 3.05) is 6.61 Å². The van der Waals surface area contributed by atoms with E-state index in [1.165, 1.54) is 31.2 Å². The third-order valence-electron chi connectivity index (χ3n) is 3.37. The van der Waals surface area contributed by atoms with Gasteiger partial charge in [-0.2, -0.15) is 0 Å². The molecule has 0 heterocycles. The molecule has 1 aromatic rings. The van der Waals surface area contributed by atoms with Gasteiger partial charge >= 0.3 is 0 Å². The average Bonchev–Trinajstić information content (AvgIpc) is 2.88. The summed E-state index contributed by atoms with van der Waals surface area (Å²) >= 11 is 0. The molecule has 0 atom stereocenters. The van der Waals surface area contributed by atoms with Crippen LogP contribution in [0.15, 0.2) is 24.3 Å². The van der Waals surface area contributed by atoms with Crippen molar-refractivity contribution in [2.24, 2.45) is 0 Å². The van der Waals surface area contributed by atoms with Crippen LogP contribution in [0.5, 0.6) is 5.75 Å². The summed E-state index contributed by atoms with van der Waals surface area (Å²) in [6.07, 6.45) is 6.48. The van der Waals surface area contributed by atoms with Gasteiger partial charge in [0.2, 0.25) is 0 Å². The summed E-state index contributed by atoms with van der Waals surface area (Å²) in [5, 5.41) is 3.63. The van der Waals surface area contributed by atoms with E-state index in [1.807, 2.05) is 6.07 Å². The second-order valence-electron chi connectivity index (χ2n) is 4.82. The molecule has 1 N–H and O–H groups in total. The fraction of sp³-hybridized carbons (Fsp3) is 0.600. The van der Waals surface area contributed by atoms with Crippen molar-refractivity contribution in [1.29, 1.82) is 0 Å². The van der Waals surface area contributed by atoms with Gasteiger partial charge in [0.05, 0.1) is 6.61 Å². The van der Waals surface area contributed by atoms with Crippen LogP contribution >= 0.6 is 0 Å². The summed E-state index contributed by atoms with van der Waals surface area (Å²) in [4.78, 5) is 0. The van der Waals surface area contributed by atoms with Crippen molar-refractivity contribution in [3.63, 3.8) is 0 Å². The summed E-state index contributed by atoms with van der Waals surface area (Å²) in [5.41, 5.74) is 1.29. The van der Waals surface area contributed by atoms with Crippen LogP contribution in [0.4, 0.5) is 0 Å². The molecule has 2 rings (SSSR count). The molecule has 0 aliphatic heterocycles. The summed E-state index contributed by atoms with van der Waals surface area (Å²) in [6, 6.07) is 9.08. The first-order valence-electron chi connectivity index (χ1n) is 6.84. The molecule has 0 unspecified atom stereocenters. The third-order valence-corrected chi connectivity index (χ3v) is 3.37. The van der Waals surface area contributed by atoms with Crippen molar-refractivity contribution < 1.29 is 4.74 Å². The number of para-hydroxylation sites is 1. The molecule has 1 aliphatic carbocycles. The second-order valence-corrected chi connectivity index (χ2v) is 4.82. The zero-order valence-electron chi connectivity index (χ0n) is 10.7. The van der Waals surface area contributed by atoms with E-state index in [0.29, 0.717) is 6.04 Å². The molecule has 1 fully saturated rings. The van der Waals surface area contributed by atoms with E-state index in [-0.39, 0.29) is 0 Å². The largest absolute Gasteiger partial charge is 0.493 e. The predicted molar refractivity (Wildman–Crippen MR) is 71.3 cm³/mol. The molecule has 1 saturated carbocycles. The summed E-state index contributed by atoms with van der Waals surface area (Å²) in [5.74, 6) is 1.04. The molecule has 94 valence electrons. The van der Waals surface area contributed by atoms with E-state index >= 15 is 0 Å². The van der Waals surface area contributed by atoms with Crippen molar-refractivity contribution >= 4 is 0 Å². The first-order valence-corrected chi connectivity index (χ1v) is 6.84. The van der Waals surface area contributed by atoms with Gasteiger partial charge in [-0.15, -0.1) is 0 Å². The number of benzene rings is 1. The molecule has 0 radical (unpaired) electrons. The lowest BCUT2D eigenvalue weighted by Gasteiger charge is -2.15. The van der Waals surface area contributed by atoms with Gasteiger partial charge in [0, 0.05) is 18.2 Å². The Hall–Kier alpha value is -1.02. The van der Waals surface area contributed by atoms with Crippen LogP contribution in [0, 0.1) is 0 Å². The van der Waals surface area contributed by atoms with E-state index in [0.717, 1.165) is 25.3 Å². The number of hydrogen-bond acceptors (Lipinski definition) is 2. The molecule has 0 aromatic heterocycles. The molecular weight excluding hydrogens is 210 g/mol. The average molecular weight is 233 g/mol. The quantitative estimate of drug-likeness (QED) is 0.812. The van der Waals surface area contributed by atoms with Crippen LogP contribution in [0.2, 0.25) is 0 Å². The zero-order valence-corrected chi connectivity index (χ0v) is 10.7. The summed E-state index contributed by atoms with van der Waals surface area (Å²) < 4.78 is 5.76. The minimum atomic E-state index is 0.717. The maximum Gasteiger partial charge on any atom is 0.123 e. The number of rotatable bonds is 6. The molecular formula is C15H23NO. The lowest BCUT2D eigenvalue weighted by Crippen LogP contribution is -2.25. The van der Waals surface area contributed by atoms with Crippen LogP contribution in [-0.4, -0.2) is 12.6 Å². The van der Waals surface area contributed by atoms with Gasteiger partial charge in [-0.1, -0.05) is 38.0 Å². The molecule has 1 aromatic carbocycles. The van der Waals surface area contributed by atoms with Crippen LogP contribution in [0.1, 0.15) is 44.6 Å². The third kappa shape index (κ3) is 3.74. The molecule has 0 spiro atoms. The fourth-order valence-corrected chi connectivity index (χ4v) is 2.39. The Kier molecular flexibility index (Phi) is 4.87. The highest BCUT2D eigenvalue weighted by atomic mass is 16.5. The smallest absolute Gasteiger partial charge is 0.123 e. The Balaban J connectivity index is 1.89. The maximum atomic E-state index is 5.76. The van der Waals surface area contributed by atoms with E-state index in [9.17, 15) is 0 Å². The van der Waals surface area contributed by atoms with Gasteiger partial charge in [0.1, 0.15) is 5.75 Å². The van der Waals surface area contributed by atoms with Crippen LogP contribution in [-0.2, 0) is 6.54 Å². The Morgan fingerprint density at radius 3 is 2.76 bits per heavy atom. The van der Waals surface area contributed by atoms with E-state index in [1.54, 1.807) is 0 Å². The first-order chi connectivity index (χ1) is 8.40. The maximum absolute atomic E-state index is 5.76. The standard InChI is InChI=1S/C15H23NO/c1-2-11-17-15-10-6-3-7-13(15)12-16-14-8-4-5-9-14/h3,6-7,10,14,16H,2,4-5,8-9,11-12H2,1H3. The lowest BCUT2D eigenvalue weighted by atomic mass is 10.1. The van der Waals surface area contributed by atoms with Gasteiger partial charge in [0.15, 0.2) is 0 Å².